The summed E-state index contributed by atoms with van der Waals surface area (Å²) in [4.78, 5) is 9.83. The summed E-state index contributed by atoms with van der Waals surface area (Å²) in [5, 5.41) is 3.24. The Labute approximate surface area is 129 Å². The number of hydrogen-bond donors (Lipinski definition) is 1. The molecular weight excluding hydrogens is 260 g/mol. The average molecular weight is 290 g/mol. The molecule has 0 bridgehead atoms. The molecule has 1 saturated heterocycles. The Morgan fingerprint density at radius 2 is 1.90 bits per heavy atom. The van der Waals surface area contributed by atoms with Gasteiger partial charge in [0.1, 0.15) is 5.82 Å². The van der Waals surface area contributed by atoms with Gasteiger partial charge in [-0.05, 0) is 37.1 Å². The summed E-state index contributed by atoms with van der Waals surface area (Å²) in [6.07, 6.45) is 0.998. The first kappa shape index (κ1) is 16.2. The Bertz CT molecular complexity index is 436. The predicted octanol–water partition coefficient (Wildman–Crippen LogP) is 2.14. The van der Waals surface area contributed by atoms with Crippen LogP contribution in [0.25, 0.3) is 0 Å². The lowest BCUT2D eigenvalue weighted by Crippen LogP contribution is -2.47. The van der Waals surface area contributed by atoms with Crippen LogP contribution in [0.15, 0.2) is 12.1 Å². The number of rotatable bonds is 6. The van der Waals surface area contributed by atoms with Crippen molar-refractivity contribution in [2.75, 3.05) is 44.7 Å². The average Bonchev–Trinajstić information content (AvgIpc) is 2.47. The summed E-state index contributed by atoms with van der Waals surface area (Å²) in [7, 11) is 2.00. The van der Waals surface area contributed by atoms with Crippen molar-refractivity contribution < 1.29 is 0 Å². The SMILES string of the molecule is CCc1cc(CNC)cc(N2CCN(CC(C)C)CC2)n1. The van der Waals surface area contributed by atoms with Crippen molar-refractivity contribution in [1.82, 2.24) is 15.2 Å². The fourth-order valence-corrected chi connectivity index (χ4v) is 2.96. The van der Waals surface area contributed by atoms with Crippen molar-refractivity contribution >= 4 is 5.82 Å². The molecule has 0 atom stereocenters. The zero-order chi connectivity index (χ0) is 15.2. The fraction of sp³-hybridized carbons (Fsp3) is 0.706. The normalized spacial score (nSPS) is 16.7. The third-order valence-electron chi connectivity index (χ3n) is 3.99. The van der Waals surface area contributed by atoms with Crippen LogP contribution in [0.3, 0.4) is 0 Å². The second-order valence-corrected chi connectivity index (χ2v) is 6.39. The Morgan fingerprint density at radius 3 is 2.48 bits per heavy atom. The summed E-state index contributed by atoms with van der Waals surface area (Å²) in [5.41, 5.74) is 2.53. The van der Waals surface area contributed by atoms with E-state index in [1.807, 2.05) is 7.05 Å². The van der Waals surface area contributed by atoms with Gasteiger partial charge < -0.3 is 10.2 Å². The fourth-order valence-electron chi connectivity index (χ4n) is 2.96. The Kier molecular flexibility index (Phi) is 6.00. The highest BCUT2D eigenvalue weighted by Gasteiger charge is 2.19. The molecule has 1 aliphatic rings. The standard InChI is InChI=1S/C17H30N4/c1-5-16-10-15(12-18-4)11-17(19-16)21-8-6-20(7-9-21)13-14(2)3/h10-11,14,18H,5-9,12-13H2,1-4H3. The molecule has 2 heterocycles. The van der Waals surface area contributed by atoms with Gasteiger partial charge in [-0.1, -0.05) is 20.8 Å². The smallest absolute Gasteiger partial charge is 0.129 e. The molecule has 0 saturated carbocycles. The van der Waals surface area contributed by atoms with Crippen molar-refractivity contribution in [3.63, 3.8) is 0 Å². The Morgan fingerprint density at radius 1 is 1.19 bits per heavy atom. The maximum absolute atomic E-state index is 4.82. The quantitative estimate of drug-likeness (QED) is 0.870. The van der Waals surface area contributed by atoms with E-state index in [0.29, 0.717) is 0 Å². The van der Waals surface area contributed by atoms with Crippen LogP contribution < -0.4 is 10.2 Å². The number of hydrogen-bond acceptors (Lipinski definition) is 4. The summed E-state index contributed by atoms with van der Waals surface area (Å²) in [6.45, 7) is 13.4. The van der Waals surface area contributed by atoms with E-state index in [2.05, 4.69) is 48.0 Å². The summed E-state index contributed by atoms with van der Waals surface area (Å²) >= 11 is 0. The topological polar surface area (TPSA) is 31.4 Å². The summed E-state index contributed by atoms with van der Waals surface area (Å²) in [6, 6.07) is 4.46. The molecule has 0 radical (unpaired) electrons. The molecule has 0 aliphatic carbocycles. The minimum atomic E-state index is 0.750. The van der Waals surface area contributed by atoms with Crippen LogP contribution in [0.2, 0.25) is 0 Å². The van der Waals surface area contributed by atoms with Crippen molar-refractivity contribution in [3.05, 3.63) is 23.4 Å². The number of nitrogens with one attached hydrogen (secondary N) is 1. The van der Waals surface area contributed by atoms with E-state index in [4.69, 9.17) is 4.98 Å². The molecule has 21 heavy (non-hydrogen) atoms. The second kappa shape index (κ2) is 7.76. The predicted molar refractivity (Wildman–Crippen MR) is 89.9 cm³/mol. The molecule has 0 amide bonds. The van der Waals surface area contributed by atoms with Crippen LogP contribution >= 0.6 is 0 Å². The first-order valence-corrected chi connectivity index (χ1v) is 8.24. The van der Waals surface area contributed by atoms with E-state index in [0.717, 1.165) is 50.9 Å². The van der Waals surface area contributed by atoms with E-state index in [1.54, 1.807) is 0 Å². The number of aryl methyl sites for hydroxylation is 1. The van der Waals surface area contributed by atoms with E-state index >= 15 is 0 Å². The third kappa shape index (κ3) is 4.68. The van der Waals surface area contributed by atoms with E-state index < -0.39 is 0 Å². The second-order valence-electron chi connectivity index (χ2n) is 6.39. The number of anilines is 1. The zero-order valence-electron chi connectivity index (χ0n) is 14.0. The van der Waals surface area contributed by atoms with Crippen LogP contribution in [0, 0.1) is 5.92 Å². The van der Waals surface area contributed by atoms with Crippen LogP contribution in [0.4, 0.5) is 5.82 Å². The maximum Gasteiger partial charge on any atom is 0.129 e. The molecule has 2 rings (SSSR count). The highest BCUT2D eigenvalue weighted by Crippen LogP contribution is 2.18. The van der Waals surface area contributed by atoms with Crippen LogP contribution in [0.1, 0.15) is 32.0 Å². The lowest BCUT2D eigenvalue weighted by atomic mass is 10.1. The van der Waals surface area contributed by atoms with Crippen LogP contribution in [0.5, 0.6) is 0 Å². The van der Waals surface area contributed by atoms with E-state index in [1.165, 1.54) is 17.8 Å². The van der Waals surface area contributed by atoms with E-state index in [9.17, 15) is 0 Å². The molecule has 0 aromatic carbocycles. The lowest BCUT2D eigenvalue weighted by molar-refractivity contribution is 0.231. The molecule has 1 aromatic heterocycles. The maximum atomic E-state index is 4.82. The van der Waals surface area contributed by atoms with Gasteiger partial charge in [-0.15, -0.1) is 0 Å². The highest BCUT2D eigenvalue weighted by atomic mass is 15.3. The highest BCUT2D eigenvalue weighted by molar-refractivity contribution is 5.43. The van der Waals surface area contributed by atoms with Gasteiger partial charge in [0.2, 0.25) is 0 Å². The monoisotopic (exact) mass is 290 g/mol. The molecular formula is C17H30N4. The van der Waals surface area contributed by atoms with Gasteiger partial charge in [0.05, 0.1) is 0 Å². The van der Waals surface area contributed by atoms with Crippen molar-refractivity contribution in [1.29, 1.82) is 0 Å². The van der Waals surface area contributed by atoms with Gasteiger partial charge in [-0.3, -0.25) is 4.90 Å². The summed E-state index contributed by atoms with van der Waals surface area (Å²) < 4.78 is 0. The van der Waals surface area contributed by atoms with Crippen LogP contribution in [-0.2, 0) is 13.0 Å². The molecule has 1 fully saturated rings. The van der Waals surface area contributed by atoms with Crippen molar-refractivity contribution in [2.24, 2.45) is 5.92 Å². The molecule has 0 unspecified atom stereocenters. The van der Waals surface area contributed by atoms with Gasteiger partial charge >= 0.3 is 0 Å². The minimum Gasteiger partial charge on any atom is -0.354 e. The number of piperazine rings is 1. The molecule has 1 aromatic rings. The molecule has 0 spiro atoms. The molecule has 1 N–H and O–H groups in total. The largest absolute Gasteiger partial charge is 0.354 e. The zero-order valence-corrected chi connectivity index (χ0v) is 14.0. The molecule has 4 nitrogen and oxygen atoms in total. The van der Waals surface area contributed by atoms with Crippen LogP contribution in [-0.4, -0.2) is 49.7 Å². The third-order valence-corrected chi connectivity index (χ3v) is 3.99. The number of aromatic nitrogens is 1. The van der Waals surface area contributed by atoms with Crippen molar-refractivity contribution in [2.45, 2.75) is 33.7 Å². The first-order chi connectivity index (χ1) is 10.1. The van der Waals surface area contributed by atoms with Gasteiger partial charge in [0.15, 0.2) is 0 Å². The van der Waals surface area contributed by atoms with Gasteiger partial charge in [-0.2, -0.15) is 0 Å². The first-order valence-electron chi connectivity index (χ1n) is 8.24. The van der Waals surface area contributed by atoms with Crippen molar-refractivity contribution in [3.8, 4) is 0 Å². The molecule has 4 heteroatoms. The Balaban J connectivity index is 2.03. The van der Waals surface area contributed by atoms with Gasteiger partial charge in [0.25, 0.3) is 0 Å². The minimum absolute atomic E-state index is 0.750. The Hall–Kier alpha value is -1.13. The number of pyridine rings is 1. The summed E-state index contributed by atoms with van der Waals surface area (Å²) in [5.74, 6) is 1.91. The number of nitrogens with zero attached hydrogens (tertiary/aromatic N) is 3. The lowest BCUT2D eigenvalue weighted by Gasteiger charge is -2.36. The van der Waals surface area contributed by atoms with Gasteiger partial charge in [0, 0.05) is 45.0 Å². The molecule has 1 aliphatic heterocycles. The van der Waals surface area contributed by atoms with Gasteiger partial charge in [-0.25, -0.2) is 4.98 Å². The molecule has 118 valence electrons. The van der Waals surface area contributed by atoms with E-state index in [-0.39, 0.29) is 0 Å².